The minimum atomic E-state index is -0.195. The number of pyridine rings is 1. The molecule has 0 spiro atoms. The van der Waals surface area contributed by atoms with Crippen molar-refractivity contribution in [2.24, 2.45) is 5.92 Å². The lowest BCUT2D eigenvalue weighted by molar-refractivity contribution is -0.129. The molecule has 1 aliphatic rings. The molecule has 2 aromatic rings. The second-order valence-corrected chi connectivity index (χ2v) is 7.48. The summed E-state index contributed by atoms with van der Waals surface area (Å²) in [5, 5.41) is 7.59. The van der Waals surface area contributed by atoms with Gasteiger partial charge in [-0.3, -0.25) is 19.3 Å². The van der Waals surface area contributed by atoms with Crippen molar-refractivity contribution in [1.82, 2.24) is 25.0 Å². The maximum Gasteiger partial charge on any atom is 0.272 e. The number of nitrogens with zero attached hydrogens (tertiary/aromatic N) is 4. The van der Waals surface area contributed by atoms with Crippen LogP contribution in [0.25, 0.3) is 0 Å². The fourth-order valence-electron chi connectivity index (χ4n) is 3.41. The SMILES string of the molecule is CC(=O)N1CCCn2nc(C(=O)N[C@H](CC(C)C)c3cccnc3)cc2C1. The molecule has 3 rings (SSSR count). The zero-order valence-electron chi connectivity index (χ0n) is 16.2. The molecule has 2 aromatic heterocycles. The van der Waals surface area contributed by atoms with Gasteiger partial charge in [-0.25, -0.2) is 0 Å². The smallest absolute Gasteiger partial charge is 0.272 e. The fourth-order valence-corrected chi connectivity index (χ4v) is 3.41. The third kappa shape index (κ3) is 4.72. The topological polar surface area (TPSA) is 80.1 Å². The van der Waals surface area contributed by atoms with Crippen LogP contribution >= 0.6 is 0 Å². The van der Waals surface area contributed by atoms with Crippen LogP contribution in [-0.2, 0) is 17.9 Å². The summed E-state index contributed by atoms with van der Waals surface area (Å²) in [6.07, 6.45) is 5.18. The maximum absolute atomic E-state index is 12.8. The van der Waals surface area contributed by atoms with Crippen LogP contribution in [0.2, 0.25) is 0 Å². The van der Waals surface area contributed by atoms with Gasteiger partial charge in [-0.15, -0.1) is 0 Å². The number of carbonyl (C=O) groups excluding carboxylic acids is 2. The van der Waals surface area contributed by atoms with Gasteiger partial charge >= 0.3 is 0 Å². The number of nitrogens with one attached hydrogen (secondary N) is 1. The molecule has 0 unspecified atom stereocenters. The highest BCUT2D eigenvalue weighted by Gasteiger charge is 2.23. The van der Waals surface area contributed by atoms with Crippen LogP contribution in [-0.4, -0.2) is 38.0 Å². The van der Waals surface area contributed by atoms with Crippen molar-refractivity contribution >= 4 is 11.8 Å². The Bertz CT molecular complexity index is 800. The number of fused-ring (bicyclic) bond motifs is 1. The summed E-state index contributed by atoms with van der Waals surface area (Å²) in [7, 11) is 0. The van der Waals surface area contributed by atoms with Gasteiger partial charge < -0.3 is 10.2 Å². The molecule has 0 aliphatic carbocycles. The summed E-state index contributed by atoms with van der Waals surface area (Å²) in [6, 6.07) is 5.55. The van der Waals surface area contributed by atoms with E-state index >= 15 is 0 Å². The summed E-state index contributed by atoms with van der Waals surface area (Å²) in [5.41, 5.74) is 2.28. The molecular formula is C20H27N5O2. The highest BCUT2D eigenvalue weighted by atomic mass is 16.2. The average molecular weight is 369 g/mol. The average Bonchev–Trinajstić information content (AvgIpc) is 2.93. The van der Waals surface area contributed by atoms with Gasteiger partial charge in [0.2, 0.25) is 5.91 Å². The number of aryl methyl sites for hydroxylation is 1. The minimum Gasteiger partial charge on any atom is -0.344 e. The molecular weight excluding hydrogens is 342 g/mol. The number of carbonyl (C=O) groups is 2. The highest BCUT2D eigenvalue weighted by molar-refractivity contribution is 5.92. The second kappa shape index (κ2) is 8.33. The summed E-state index contributed by atoms with van der Waals surface area (Å²) in [5.74, 6) is 0.280. The molecule has 27 heavy (non-hydrogen) atoms. The van der Waals surface area contributed by atoms with Crippen LogP contribution in [0.5, 0.6) is 0 Å². The van der Waals surface area contributed by atoms with E-state index in [1.54, 1.807) is 30.3 Å². The normalized spacial score (nSPS) is 15.2. The Morgan fingerprint density at radius 3 is 2.78 bits per heavy atom. The van der Waals surface area contributed by atoms with E-state index in [0.717, 1.165) is 30.6 Å². The number of hydrogen-bond acceptors (Lipinski definition) is 4. The zero-order chi connectivity index (χ0) is 19.4. The Morgan fingerprint density at radius 2 is 2.11 bits per heavy atom. The fraction of sp³-hybridized carbons (Fsp3) is 0.500. The van der Waals surface area contributed by atoms with Crippen molar-refractivity contribution in [3.63, 3.8) is 0 Å². The van der Waals surface area contributed by atoms with Gasteiger partial charge in [-0.05, 0) is 36.5 Å². The molecule has 2 amide bonds. The summed E-state index contributed by atoms with van der Waals surface area (Å²) >= 11 is 0. The molecule has 0 saturated heterocycles. The Kier molecular flexibility index (Phi) is 5.88. The first-order chi connectivity index (χ1) is 12.9. The molecule has 3 heterocycles. The standard InChI is InChI=1S/C20H27N5O2/c1-14(2)10-18(16-6-4-7-21-12-16)22-20(27)19-11-17-13-24(15(3)26)8-5-9-25(17)23-19/h4,6-7,11-12,14,18H,5,8-10,13H2,1-3H3,(H,22,27)/t18-/m1/s1. The number of aromatic nitrogens is 3. The van der Waals surface area contributed by atoms with E-state index in [9.17, 15) is 9.59 Å². The third-order valence-electron chi connectivity index (χ3n) is 4.79. The van der Waals surface area contributed by atoms with Crippen LogP contribution in [0.1, 0.15) is 61.4 Å². The number of amides is 2. The Labute approximate surface area is 159 Å². The van der Waals surface area contributed by atoms with Gasteiger partial charge in [0.1, 0.15) is 0 Å². The van der Waals surface area contributed by atoms with Crippen LogP contribution in [0.15, 0.2) is 30.6 Å². The van der Waals surface area contributed by atoms with E-state index in [0.29, 0.717) is 24.7 Å². The highest BCUT2D eigenvalue weighted by Crippen LogP contribution is 2.21. The van der Waals surface area contributed by atoms with E-state index in [4.69, 9.17) is 0 Å². The molecule has 0 bridgehead atoms. The van der Waals surface area contributed by atoms with Crippen molar-refractivity contribution in [2.45, 2.75) is 52.7 Å². The van der Waals surface area contributed by atoms with E-state index in [2.05, 4.69) is 29.2 Å². The predicted octanol–water partition coefficient (Wildman–Crippen LogP) is 2.55. The first-order valence-corrected chi connectivity index (χ1v) is 9.47. The molecule has 0 radical (unpaired) electrons. The molecule has 0 fully saturated rings. The zero-order valence-corrected chi connectivity index (χ0v) is 16.2. The number of rotatable bonds is 5. The van der Waals surface area contributed by atoms with Crippen LogP contribution < -0.4 is 5.32 Å². The van der Waals surface area contributed by atoms with Crippen molar-refractivity contribution in [3.05, 3.63) is 47.5 Å². The van der Waals surface area contributed by atoms with Gasteiger partial charge in [0.25, 0.3) is 5.91 Å². The molecule has 0 aromatic carbocycles. The van der Waals surface area contributed by atoms with Crippen LogP contribution in [0.4, 0.5) is 0 Å². The van der Waals surface area contributed by atoms with Crippen molar-refractivity contribution in [1.29, 1.82) is 0 Å². The summed E-state index contributed by atoms with van der Waals surface area (Å²) in [4.78, 5) is 30.5. The van der Waals surface area contributed by atoms with Gasteiger partial charge in [-0.1, -0.05) is 19.9 Å². The Balaban J connectivity index is 1.77. The third-order valence-corrected chi connectivity index (χ3v) is 4.79. The van der Waals surface area contributed by atoms with Crippen molar-refractivity contribution in [3.8, 4) is 0 Å². The molecule has 1 N–H and O–H groups in total. The van der Waals surface area contributed by atoms with Gasteiger partial charge in [0.05, 0.1) is 18.3 Å². The molecule has 144 valence electrons. The van der Waals surface area contributed by atoms with E-state index in [1.165, 1.54) is 0 Å². The van der Waals surface area contributed by atoms with E-state index < -0.39 is 0 Å². The molecule has 7 heteroatoms. The lowest BCUT2D eigenvalue weighted by atomic mass is 9.98. The summed E-state index contributed by atoms with van der Waals surface area (Å²) < 4.78 is 1.85. The monoisotopic (exact) mass is 369 g/mol. The quantitative estimate of drug-likeness (QED) is 0.878. The lowest BCUT2D eigenvalue weighted by Crippen LogP contribution is -2.30. The van der Waals surface area contributed by atoms with Crippen LogP contribution in [0.3, 0.4) is 0 Å². The largest absolute Gasteiger partial charge is 0.344 e. The Hall–Kier alpha value is -2.70. The Morgan fingerprint density at radius 1 is 1.30 bits per heavy atom. The molecule has 7 nitrogen and oxygen atoms in total. The summed E-state index contributed by atoms with van der Waals surface area (Å²) in [6.45, 7) is 7.76. The first-order valence-electron chi connectivity index (χ1n) is 9.47. The van der Waals surface area contributed by atoms with E-state index in [1.807, 2.05) is 16.8 Å². The number of hydrogen-bond donors (Lipinski definition) is 1. The van der Waals surface area contributed by atoms with E-state index in [-0.39, 0.29) is 17.9 Å². The van der Waals surface area contributed by atoms with Crippen LogP contribution in [0, 0.1) is 5.92 Å². The predicted molar refractivity (Wildman–Crippen MR) is 102 cm³/mol. The second-order valence-electron chi connectivity index (χ2n) is 7.48. The molecule has 1 atom stereocenters. The first kappa shape index (κ1) is 19.1. The minimum absolute atomic E-state index is 0.0456. The maximum atomic E-state index is 12.8. The van der Waals surface area contributed by atoms with Gasteiger partial charge in [0.15, 0.2) is 5.69 Å². The van der Waals surface area contributed by atoms with Gasteiger partial charge in [0, 0.05) is 32.4 Å². The van der Waals surface area contributed by atoms with Crippen molar-refractivity contribution < 1.29 is 9.59 Å². The molecule has 0 saturated carbocycles. The van der Waals surface area contributed by atoms with Gasteiger partial charge in [-0.2, -0.15) is 5.10 Å². The van der Waals surface area contributed by atoms with Crippen molar-refractivity contribution in [2.75, 3.05) is 6.54 Å². The lowest BCUT2D eigenvalue weighted by Gasteiger charge is -2.20. The molecule has 1 aliphatic heterocycles.